The first kappa shape index (κ1) is 22.8. The normalized spacial score (nSPS) is 11.8. The molecule has 0 aliphatic heterocycles. The zero-order valence-electron chi connectivity index (χ0n) is 17.8. The molecule has 4 rings (SSSR count). The highest BCUT2D eigenvalue weighted by molar-refractivity contribution is 7.99. The Morgan fingerprint density at radius 1 is 1.12 bits per heavy atom. The molecule has 1 N–H and O–H groups in total. The van der Waals surface area contributed by atoms with Crippen LogP contribution < -0.4 is 5.56 Å². The second kappa shape index (κ2) is 10.0. The Morgan fingerprint density at radius 3 is 2.58 bits per heavy atom. The molecule has 0 spiro atoms. The Balaban J connectivity index is 1.70. The fraction of sp³-hybridized carbons (Fsp3) is 0.154. The molecule has 5 nitrogen and oxygen atoms in total. The second-order valence-corrected chi connectivity index (χ2v) is 8.84. The number of nitrogens with one attached hydrogen (secondary N) is 1. The Labute approximate surface area is 200 Å². The lowest BCUT2D eigenvalue weighted by atomic mass is 9.89. The summed E-state index contributed by atoms with van der Waals surface area (Å²) in [5, 5.41) is 12.9. The third kappa shape index (κ3) is 4.85. The largest absolute Gasteiger partial charge is 0.301 e. The summed E-state index contributed by atoms with van der Waals surface area (Å²) in [6.07, 6.45) is 0.440. The highest BCUT2D eigenvalue weighted by Gasteiger charge is 2.23. The summed E-state index contributed by atoms with van der Waals surface area (Å²) in [7, 11) is 0. The first-order chi connectivity index (χ1) is 16.0. The number of Topliss-reactive ketones (excluding diaryl/α,β-unsaturated/α-hetero) is 1. The molecule has 1 atom stereocenters. The highest BCUT2D eigenvalue weighted by atomic mass is 35.5. The van der Waals surface area contributed by atoms with Gasteiger partial charge in [0.25, 0.3) is 5.56 Å². The smallest absolute Gasteiger partial charge is 0.255 e. The molecule has 4 aromatic rings. The summed E-state index contributed by atoms with van der Waals surface area (Å²) >= 11 is 7.03. The highest BCUT2D eigenvalue weighted by Crippen LogP contribution is 2.31. The van der Waals surface area contributed by atoms with Crippen molar-refractivity contribution in [3.63, 3.8) is 0 Å². The van der Waals surface area contributed by atoms with E-state index < -0.39 is 5.92 Å². The molecule has 7 heteroatoms. The van der Waals surface area contributed by atoms with Crippen molar-refractivity contribution in [2.24, 2.45) is 0 Å². The molecular formula is C26H20ClN3O2S. The fourth-order valence-electron chi connectivity index (χ4n) is 3.78. The molecule has 1 heterocycles. The van der Waals surface area contributed by atoms with Crippen molar-refractivity contribution in [3.8, 4) is 6.07 Å². The molecule has 33 heavy (non-hydrogen) atoms. The Hall–Kier alpha value is -3.40. The van der Waals surface area contributed by atoms with Gasteiger partial charge in [-0.1, -0.05) is 72.8 Å². The summed E-state index contributed by atoms with van der Waals surface area (Å²) in [5.41, 5.74) is 1.95. The van der Waals surface area contributed by atoms with Crippen LogP contribution in [-0.4, -0.2) is 21.5 Å². The summed E-state index contributed by atoms with van der Waals surface area (Å²) in [4.78, 5) is 32.8. The molecule has 1 aromatic heterocycles. The molecule has 1 unspecified atom stereocenters. The van der Waals surface area contributed by atoms with Crippen LogP contribution in [0.15, 0.2) is 76.7 Å². The average molecular weight is 474 g/mol. The number of carbonyl (C=O) groups is 1. The standard InChI is InChI=1S/C26H20ClN3O2S/c1-2-19-24(22(14-28)21-9-5-7-16-6-3-4-8-20(16)21)29-26(30-25(19)32)33-15-23(31)17-10-12-18(27)13-11-17/h3-13,22H,2,15H2,1H3,(H,29,30,32). The van der Waals surface area contributed by atoms with Gasteiger partial charge in [0.15, 0.2) is 10.9 Å². The molecule has 0 amide bonds. The predicted molar refractivity (Wildman–Crippen MR) is 132 cm³/mol. The third-order valence-electron chi connectivity index (χ3n) is 5.42. The van der Waals surface area contributed by atoms with Crippen LogP contribution >= 0.6 is 23.4 Å². The van der Waals surface area contributed by atoms with E-state index in [4.69, 9.17) is 11.6 Å². The van der Waals surface area contributed by atoms with Crippen molar-refractivity contribution in [3.05, 3.63) is 104 Å². The van der Waals surface area contributed by atoms with Gasteiger partial charge in [-0.3, -0.25) is 9.59 Å². The summed E-state index contributed by atoms with van der Waals surface area (Å²) in [6, 6.07) is 22.6. The first-order valence-corrected chi connectivity index (χ1v) is 11.8. The Kier molecular flexibility index (Phi) is 6.93. The van der Waals surface area contributed by atoms with E-state index in [1.165, 1.54) is 0 Å². The van der Waals surface area contributed by atoms with Gasteiger partial charge < -0.3 is 4.98 Å². The van der Waals surface area contributed by atoms with E-state index >= 15 is 0 Å². The molecular weight excluding hydrogens is 454 g/mol. The number of halogens is 1. The number of rotatable bonds is 7. The minimum Gasteiger partial charge on any atom is -0.301 e. The van der Waals surface area contributed by atoms with Gasteiger partial charge in [-0.2, -0.15) is 5.26 Å². The Morgan fingerprint density at radius 2 is 1.85 bits per heavy atom. The lowest BCUT2D eigenvalue weighted by Gasteiger charge is -2.16. The lowest BCUT2D eigenvalue weighted by molar-refractivity contribution is 0.102. The monoisotopic (exact) mass is 473 g/mol. The third-order valence-corrected chi connectivity index (χ3v) is 6.55. The van der Waals surface area contributed by atoms with Crippen molar-refractivity contribution in [2.45, 2.75) is 24.4 Å². The van der Waals surface area contributed by atoms with Crippen LogP contribution in [0, 0.1) is 11.3 Å². The zero-order valence-corrected chi connectivity index (χ0v) is 19.4. The van der Waals surface area contributed by atoms with E-state index in [2.05, 4.69) is 16.0 Å². The van der Waals surface area contributed by atoms with Gasteiger partial charge in [-0.25, -0.2) is 4.98 Å². The van der Waals surface area contributed by atoms with Crippen molar-refractivity contribution in [1.82, 2.24) is 9.97 Å². The first-order valence-electron chi connectivity index (χ1n) is 10.4. The van der Waals surface area contributed by atoms with Crippen LogP contribution in [0.4, 0.5) is 0 Å². The molecule has 0 bridgehead atoms. The number of aromatic amines is 1. The zero-order chi connectivity index (χ0) is 23.4. The minimum absolute atomic E-state index is 0.0982. The van der Waals surface area contributed by atoms with E-state index in [0.717, 1.165) is 28.1 Å². The van der Waals surface area contributed by atoms with E-state index in [9.17, 15) is 14.9 Å². The van der Waals surface area contributed by atoms with Gasteiger partial charge in [0.05, 0.1) is 17.5 Å². The number of H-pyrrole nitrogens is 1. The van der Waals surface area contributed by atoms with Gasteiger partial charge in [-0.15, -0.1) is 0 Å². The fourth-order valence-corrected chi connectivity index (χ4v) is 4.66. The number of carbonyl (C=O) groups excluding carboxylic acids is 1. The molecule has 0 radical (unpaired) electrons. The summed E-state index contributed by atoms with van der Waals surface area (Å²) in [6.45, 7) is 1.87. The van der Waals surface area contributed by atoms with Crippen LogP contribution in [0.1, 0.15) is 40.0 Å². The number of hydrogen-bond donors (Lipinski definition) is 1. The van der Waals surface area contributed by atoms with Crippen molar-refractivity contribution < 1.29 is 4.79 Å². The van der Waals surface area contributed by atoms with E-state index in [1.54, 1.807) is 24.3 Å². The van der Waals surface area contributed by atoms with Gasteiger partial charge in [0, 0.05) is 16.1 Å². The van der Waals surface area contributed by atoms with Crippen LogP contribution in [0.25, 0.3) is 10.8 Å². The maximum atomic E-state index is 12.8. The Bertz CT molecular complexity index is 1420. The number of benzene rings is 3. The van der Waals surface area contributed by atoms with Crippen molar-refractivity contribution >= 4 is 39.9 Å². The number of fused-ring (bicyclic) bond motifs is 1. The summed E-state index contributed by atoms with van der Waals surface area (Å²) in [5.74, 6) is -0.716. The van der Waals surface area contributed by atoms with Crippen LogP contribution in [0.3, 0.4) is 0 Å². The van der Waals surface area contributed by atoms with Gasteiger partial charge in [0.2, 0.25) is 0 Å². The van der Waals surface area contributed by atoms with Crippen LogP contribution in [0.2, 0.25) is 5.02 Å². The maximum Gasteiger partial charge on any atom is 0.255 e. The van der Waals surface area contributed by atoms with Crippen LogP contribution in [-0.2, 0) is 6.42 Å². The van der Waals surface area contributed by atoms with Crippen molar-refractivity contribution in [2.75, 3.05) is 5.75 Å². The van der Waals surface area contributed by atoms with E-state index in [-0.39, 0.29) is 17.1 Å². The number of ketones is 1. The number of nitriles is 1. The number of thioether (sulfide) groups is 1. The quantitative estimate of drug-likeness (QED) is 0.209. The van der Waals surface area contributed by atoms with Gasteiger partial charge >= 0.3 is 0 Å². The van der Waals surface area contributed by atoms with Gasteiger partial charge in [0.1, 0.15) is 5.92 Å². The molecule has 0 saturated heterocycles. The van der Waals surface area contributed by atoms with E-state index in [1.807, 2.05) is 49.4 Å². The van der Waals surface area contributed by atoms with Gasteiger partial charge in [-0.05, 0) is 47.0 Å². The SMILES string of the molecule is CCc1c(C(C#N)c2cccc3ccccc23)nc(SCC(=O)c2ccc(Cl)cc2)[nH]c1=O. The molecule has 3 aromatic carbocycles. The average Bonchev–Trinajstić information content (AvgIpc) is 2.83. The predicted octanol–water partition coefficient (Wildman–Crippen LogP) is 5.77. The number of nitrogens with zero attached hydrogens (tertiary/aromatic N) is 2. The molecule has 0 fully saturated rings. The minimum atomic E-state index is -0.709. The molecule has 0 aliphatic rings. The topological polar surface area (TPSA) is 86.6 Å². The maximum absolute atomic E-state index is 12.8. The lowest BCUT2D eigenvalue weighted by Crippen LogP contribution is -2.21. The number of aromatic nitrogens is 2. The van der Waals surface area contributed by atoms with E-state index in [0.29, 0.717) is 33.4 Å². The summed E-state index contributed by atoms with van der Waals surface area (Å²) < 4.78 is 0. The molecule has 0 saturated carbocycles. The number of hydrogen-bond acceptors (Lipinski definition) is 5. The molecule has 0 aliphatic carbocycles. The van der Waals surface area contributed by atoms with Crippen molar-refractivity contribution in [1.29, 1.82) is 5.26 Å². The second-order valence-electron chi connectivity index (χ2n) is 7.44. The van der Waals surface area contributed by atoms with Crippen LogP contribution in [0.5, 0.6) is 0 Å². The molecule has 164 valence electrons.